The van der Waals surface area contributed by atoms with Gasteiger partial charge in [-0.3, -0.25) is 4.90 Å². The Balaban J connectivity index is 1.78. The third-order valence-corrected chi connectivity index (χ3v) is 5.51. The lowest BCUT2D eigenvalue weighted by molar-refractivity contribution is 0.145. The molecule has 2 N–H and O–H groups in total. The highest BCUT2D eigenvalue weighted by Gasteiger charge is 2.32. The molecule has 0 unspecified atom stereocenters. The Morgan fingerprint density at radius 3 is 2.65 bits per heavy atom. The van der Waals surface area contributed by atoms with Gasteiger partial charge in [0, 0.05) is 25.7 Å². The minimum Gasteiger partial charge on any atom is -0.443 e. The van der Waals surface area contributed by atoms with Gasteiger partial charge in [0.1, 0.15) is 6.10 Å². The average Bonchev–Trinajstić information content (AvgIpc) is 2.89. The second kappa shape index (κ2) is 5.93. The van der Waals surface area contributed by atoms with Gasteiger partial charge in [-0.05, 0) is 0 Å². The van der Waals surface area contributed by atoms with Crippen LogP contribution in [0.1, 0.15) is 0 Å². The standard InChI is InChI=1S/C13H17FN4O4S/c14-11-5-9(18-8-10(6-15)22-13(18)19)7-16-12(11)17-1-3-23(20,21)4-2-17/h5,7,10H,1-4,6,8,15H2/t10-/m0/s1. The zero-order valence-electron chi connectivity index (χ0n) is 12.3. The second-order valence-electron chi connectivity index (χ2n) is 5.49. The van der Waals surface area contributed by atoms with Crippen molar-refractivity contribution in [2.24, 2.45) is 5.73 Å². The van der Waals surface area contributed by atoms with Gasteiger partial charge in [0.15, 0.2) is 21.5 Å². The summed E-state index contributed by atoms with van der Waals surface area (Å²) in [4.78, 5) is 18.7. The van der Waals surface area contributed by atoms with E-state index in [2.05, 4.69) is 4.98 Å². The monoisotopic (exact) mass is 344 g/mol. The van der Waals surface area contributed by atoms with Crippen LogP contribution in [0.3, 0.4) is 0 Å². The van der Waals surface area contributed by atoms with Crippen molar-refractivity contribution in [1.82, 2.24) is 4.98 Å². The number of nitrogens with zero attached hydrogens (tertiary/aromatic N) is 3. The summed E-state index contributed by atoms with van der Waals surface area (Å²) in [7, 11) is -3.05. The van der Waals surface area contributed by atoms with Gasteiger partial charge in [0.05, 0.1) is 29.9 Å². The fourth-order valence-corrected chi connectivity index (χ4v) is 3.78. The molecule has 1 aromatic heterocycles. The maximum absolute atomic E-state index is 14.3. The summed E-state index contributed by atoms with van der Waals surface area (Å²) in [5.41, 5.74) is 5.75. The summed E-state index contributed by atoms with van der Waals surface area (Å²) in [6, 6.07) is 1.20. The first-order valence-corrected chi connectivity index (χ1v) is 9.01. The van der Waals surface area contributed by atoms with E-state index < -0.39 is 27.9 Å². The van der Waals surface area contributed by atoms with Crippen molar-refractivity contribution in [2.45, 2.75) is 6.10 Å². The highest BCUT2D eigenvalue weighted by molar-refractivity contribution is 7.91. The van der Waals surface area contributed by atoms with Crippen molar-refractivity contribution in [2.75, 3.05) is 47.5 Å². The Morgan fingerprint density at radius 1 is 1.39 bits per heavy atom. The van der Waals surface area contributed by atoms with E-state index >= 15 is 0 Å². The van der Waals surface area contributed by atoms with E-state index in [1.807, 2.05) is 0 Å². The number of hydrogen-bond acceptors (Lipinski definition) is 7. The Kier molecular flexibility index (Phi) is 4.11. The largest absolute Gasteiger partial charge is 0.443 e. The molecule has 3 heterocycles. The maximum Gasteiger partial charge on any atom is 0.414 e. The number of carbonyl (C=O) groups excluding carboxylic acids is 1. The Hall–Kier alpha value is -1.94. The molecule has 1 aromatic rings. The zero-order chi connectivity index (χ0) is 16.6. The third-order valence-electron chi connectivity index (χ3n) is 3.90. The van der Waals surface area contributed by atoms with Crippen LogP contribution in [0.5, 0.6) is 0 Å². The van der Waals surface area contributed by atoms with Gasteiger partial charge >= 0.3 is 6.09 Å². The lowest BCUT2D eigenvalue weighted by Crippen LogP contribution is -2.41. The number of aromatic nitrogens is 1. The molecule has 2 aliphatic rings. The first-order chi connectivity index (χ1) is 10.9. The van der Waals surface area contributed by atoms with Crippen LogP contribution in [0.15, 0.2) is 12.3 Å². The van der Waals surface area contributed by atoms with E-state index in [1.165, 1.54) is 17.2 Å². The zero-order valence-corrected chi connectivity index (χ0v) is 13.1. The molecule has 0 spiro atoms. The number of pyridine rings is 1. The summed E-state index contributed by atoms with van der Waals surface area (Å²) in [6.07, 6.45) is 0.373. The van der Waals surface area contributed by atoms with Crippen LogP contribution in [-0.4, -0.2) is 63.3 Å². The Labute approximate surface area is 132 Å². The summed E-state index contributed by atoms with van der Waals surface area (Å²) in [5, 5.41) is 0. The van der Waals surface area contributed by atoms with Crippen LogP contribution in [0.2, 0.25) is 0 Å². The molecular formula is C13H17FN4O4S. The number of nitrogens with two attached hydrogens (primary N) is 1. The van der Waals surface area contributed by atoms with Gasteiger partial charge in [0.2, 0.25) is 0 Å². The van der Waals surface area contributed by atoms with Gasteiger partial charge < -0.3 is 15.4 Å². The molecule has 126 valence electrons. The molecule has 1 atom stereocenters. The molecule has 23 heavy (non-hydrogen) atoms. The maximum atomic E-state index is 14.3. The van der Waals surface area contributed by atoms with Crippen LogP contribution < -0.4 is 15.5 Å². The molecule has 2 aliphatic heterocycles. The number of halogens is 1. The third kappa shape index (κ3) is 3.22. The summed E-state index contributed by atoms with van der Waals surface area (Å²) < 4.78 is 42.2. The molecule has 8 nitrogen and oxygen atoms in total. The van der Waals surface area contributed by atoms with Crippen molar-refractivity contribution in [3.05, 3.63) is 18.1 Å². The molecule has 0 saturated carbocycles. The predicted octanol–water partition coefficient (Wildman–Crippen LogP) is -0.261. The van der Waals surface area contributed by atoms with E-state index in [0.717, 1.165) is 0 Å². The number of rotatable bonds is 3. The van der Waals surface area contributed by atoms with Crippen molar-refractivity contribution in [3.8, 4) is 0 Å². The quantitative estimate of drug-likeness (QED) is 0.805. The van der Waals surface area contributed by atoms with Crippen molar-refractivity contribution in [3.63, 3.8) is 0 Å². The number of sulfone groups is 1. The molecule has 0 bridgehead atoms. The van der Waals surface area contributed by atoms with E-state index in [-0.39, 0.29) is 49.2 Å². The minimum absolute atomic E-state index is 0.0213. The number of cyclic esters (lactones) is 1. The van der Waals surface area contributed by atoms with Crippen LogP contribution in [-0.2, 0) is 14.6 Å². The number of carbonyl (C=O) groups is 1. The molecule has 1 amide bonds. The van der Waals surface area contributed by atoms with Crippen LogP contribution in [0.25, 0.3) is 0 Å². The van der Waals surface area contributed by atoms with Crippen LogP contribution in [0, 0.1) is 5.82 Å². The Morgan fingerprint density at radius 2 is 2.09 bits per heavy atom. The van der Waals surface area contributed by atoms with E-state index in [9.17, 15) is 17.6 Å². The van der Waals surface area contributed by atoms with Gasteiger partial charge in [-0.2, -0.15) is 0 Å². The highest BCUT2D eigenvalue weighted by Crippen LogP contribution is 2.26. The highest BCUT2D eigenvalue weighted by atomic mass is 32.2. The molecule has 0 aromatic carbocycles. The van der Waals surface area contributed by atoms with Gasteiger partial charge in [-0.25, -0.2) is 22.6 Å². The lowest BCUT2D eigenvalue weighted by atomic mass is 10.3. The first kappa shape index (κ1) is 15.9. The topological polar surface area (TPSA) is 106 Å². The van der Waals surface area contributed by atoms with Crippen molar-refractivity contribution in [1.29, 1.82) is 0 Å². The van der Waals surface area contributed by atoms with Crippen LogP contribution in [0.4, 0.5) is 20.7 Å². The SMILES string of the molecule is NC[C@H]1CN(c2cnc(N3CCS(=O)(=O)CC3)c(F)c2)C(=O)O1. The molecule has 2 fully saturated rings. The van der Waals surface area contributed by atoms with Gasteiger partial charge in [0.25, 0.3) is 0 Å². The summed E-state index contributed by atoms with van der Waals surface area (Å²) in [5.74, 6) is -0.559. The second-order valence-corrected chi connectivity index (χ2v) is 7.79. The molecule has 10 heteroatoms. The molecular weight excluding hydrogens is 327 g/mol. The molecule has 0 radical (unpaired) electrons. The van der Waals surface area contributed by atoms with Gasteiger partial charge in [-0.1, -0.05) is 0 Å². The fraction of sp³-hybridized carbons (Fsp3) is 0.538. The van der Waals surface area contributed by atoms with Gasteiger partial charge in [-0.15, -0.1) is 0 Å². The van der Waals surface area contributed by atoms with Crippen molar-refractivity contribution < 1.29 is 22.3 Å². The summed E-state index contributed by atoms with van der Waals surface area (Å²) >= 11 is 0. The first-order valence-electron chi connectivity index (χ1n) is 7.19. The number of amides is 1. The number of anilines is 2. The minimum atomic E-state index is -3.05. The molecule has 0 aliphatic carbocycles. The van der Waals surface area contributed by atoms with Crippen LogP contribution >= 0.6 is 0 Å². The van der Waals surface area contributed by atoms with E-state index in [0.29, 0.717) is 0 Å². The lowest BCUT2D eigenvalue weighted by Gasteiger charge is -2.28. The predicted molar refractivity (Wildman–Crippen MR) is 81.7 cm³/mol. The molecule has 3 rings (SSSR count). The number of ether oxygens (including phenoxy) is 1. The Bertz CT molecular complexity index is 713. The van der Waals surface area contributed by atoms with E-state index in [4.69, 9.17) is 10.5 Å². The average molecular weight is 344 g/mol. The molecule has 2 saturated heterocycles. The van der Waals surface area contributed by atoms with E-state index in [1.54, 1.807) is 4.90 Å². The van der Waals surface area contributed by atoms with Crippen molar-refractivity contribution >= 4 is 27.4 Å². The fourth-order valence-electron chi connectivity index (χ4n) is 2.58. The normalized spacial score (nSPS) is 23.9. The summed E-state index contributed by atoms with van der Waals surface area (Å²) in [6.45, 7) is 0.843. The smallest absolute Gasteiger partial charge is 0.414 e. The number of hydrogen-bond donors (Lipinski definition) is 1.